The van der Waals surface area contributed by atoms with E-state index in [4.69, 9.17) is 14.7 Å². The quantitative estimate of drug-likeness (QED) is 0.302. The van der Waals surface area contributed by atoms with Crippen LogP contribution in [0.5, 0.6) is 11.5 Å². The first-order valence-electron chi connectivity index (χ1n) is 12.4. The van der Waals surface area contributed by atoms with E-state index in [1.807, 2.05) is 92.0 Å². The molecule has 0 radical (unpaired) electrons. The van der Waals surface area contributed by atoms with Crippen LogP contribution >= 0.6 is 0 Å². The Balaban J connectivity index is 1.29. The van der Waals surface area contributed by atoms with Crippen molar-refractivity contribution in [2.75, 3.05) is 0 Å². The lowest BCUT2D eigenvalue weighted by Crippen LogP contribution is -2.20. The summed E-state index contributed by atoms with van der Waals surface area (Å²) in [6.07, 6.45) is 3.51. The monoisotopic (exact) mass is 499 g/mol. The minimum absolute atomic E-state index is 0.615. The Morgan fingerprint density at radius 3 is 2.61 bits per heavy atom. The zero-order chi connectivity index (χ0) is 25.9. The molecule has 0 fully saturated rings. The number of aromatic nitrogens is 6. The molecule has 0 spiro atoms. The van der Waals surface area contributed by atoms with Crippen molar-refractivity contribution in [1.29, 1.82) is 0 Å². The van der Waals surface area contributed by atoms with Gasteiger partial charge in [0, 0.05) is 36.1 Å². The third-order valence-corrected chi connectivity index (χ3v) is 6.25. The number of fused-ring (bicyclic) bond motifs is 1. The molecule has 0 atom stereocenters. The third-order valence-electron chi connectivity index (χ3n) is 6.25. The van der Waals surface area contributed by atoms with E-state index in [-0.39, 0.29) is 0 Å². The summed E-state index contributed by atoms with van der Waals surface area (Å²) in [5.41, 5.74) is 6.33. The number of hydrogen-bond acceptors (Lipinski definition) is 6. The number of nitrogens with one attached hydrogen (secondary N) is 1. The highest BCUT2D eigenvalue weighted by Gasteiger charge is 2.18. The molecule has 0 saturated carbocycles. The van der Waals surface area contributed by atoms with Gasteiger partial charge in [0.2, 0.25) is 0 Å². The van der Waals surface area contributed by atoms with Crippen LogP contribution in [0.15, 0.2) is 97.5 Å². The van der Waals surface area contributed by atoms with Crippen molar-refractivity contribution in [2.24, 2.45) is 0 Å². The molecular weight excluding hydrogens is 473 g/mol. The Kier molecular flexibility index (Phi) is 6.41. The molecule has 4 aromatic heterocycles. The Labute approximate surface area is 221 Å². The van der Waals surface area contributed by atoms with Gasteiger partial charge in [0.05, 0.1) is 11.4 Å². The SMILES string of the molecule is BN(Cc1nc(-c2cccc(C)n2)c(-c2ccc3ncnn3c2)[nH]1)Cc1ccccc1Oc1ccccc1. The van der Waals surface area contributed by atoms with Gasteiger partial charge >= 0.3 is 0 Å². The summed E-state index contributed by atoms with van der Waals surface area (Å²) >= 11 is 0. The van der Waals surface area contributed by atoms with Crippen LogP contribution in [-0.2, 0) is 13.1 Å². The second-order valence-corrected chi connectivity index (χ2v) is 9.25. The molecular formula is C29H26BN7O. The fraction of sp³-hybridized carbons (Fsp3) is 0.103. The van der Waals surface area contributed by atoms with Crippen LogP contribution in [0, 0.1) is 6.92 Å². The fourth-order valence-corrected chi connectivity index (χ4v) is 4.48. The molecule has 0 bridgehead atoms. The van der Waals surface area contributed by atoms with Gasteiger partial charge in [-0.25, -0.2) is 14.5 Å². The number of benzene rings is 2. The molecule has 6 rings (SSSR count). The second-order valence-electron chi connectivity index (χ2n) is 9.25. The maximum Gasteiger partial charge on any atom is 0.186 e. The van der Waals surface area contributed by atoms with Gasteiger partial charge in [0.1, 0.15) is 29.3 Å². The highest BCUT2D eigenvalue weighted by atomic mass is 16.5. The summed E-state index contributed by atoms with van der Waals surface area (Å²) in [5.74, 6) is 2.51. The summed E-state index contributed by atoms with van der Waals surface area (Å²) in [6, 6.07) is 27.9. The lowest BCUT2D eigenvalue weighted by Gasteiger charge is -2.18. The van der Waals surface area contributed by atoms with Crippen LogP contribution in [0.1, 0.15) is 17.1 Å². The summed E-state index contributed by atoms with van der Waals surface area (Å²) in [7, 11) is 2.08. The minimum atomic E-state index is 0.615. The number of aromatic amines is 1. The highest BCUT2D eigenvalue weighted by molar-refractivity contribution is 6.04. The van der Waals surface area contributed by atoms with Crippen LogP contribution in [-0.4, -0.2) is 42.3 Å². The predicted molar refractivity (Wildman–Crippen MR) is 149 cm³/mol. The van der Waals surface area contributed by atoms with Crippen molar-refractivity contribution in [3.63, 3.8) is 0 Å². The average Bonchev–Trinajstić information content (AvgIpc) is 3.57. The number of H-pyrrole nitrogens is 1. The van der Waals surface area contributed by atoms with Gasteiger partial charge in [-0.1, -0.05) is 42.5 Å². The first-order valence-corrected chi connectivity index (χ1v) is 12.4. The standard InChI is InChI=1S/C29H26BN7O/c1-20-8-7-12-24(33-20)29-28(22-14-15-27-31-19-32-37(27)17-22)34-26(35-29)18-36(30)16-21-9-5-6-13-25(21)38-23-10-3-2-4-11-23/h2-15,17,19H,16,18,30H2,1H3,(H,34,35). The van der Waals surface area contributed by atoms with Gasteiger partial charge in [-0.15, -0.1) is 0 Å². The minimum Gasteiger partial charge on any atom is -0.457 e. The van der Waals surface area contributed by atoms with Gasteiger partial charge in [0.25, 0.3) is 0 Å². The van der Waals surface area contributed by atoms with E-state index in [1.54, 1.807) is 10.8 Å². The molecule has 2 aromatic carbocycles. The van der Waals surface area contributed by atoms with Crippen LogP contribution in [0.3, 0.4) is 0 Å². The molecule has 186 valence electrons. The lowest BCUT2D eigenvalue weighted by atomic mass is 10.1. The van der Waals surface area contributed by atoms with E-state index in [9.17, 15) is 0 Å². The van der Waals surface area contributed by atoms with Crippen LogP contribution in [0.25, 0.3) is 28.3 Å². The number of imidazole rings is 1. The van der Waals surface area contributed by atoms with Gasteiger partial charge in [0.15, 0.2) is 13.6 Å². The number of pyridine rings is 2. The largest absolute Gasteiger partial charge is 0.457 e. The van der Waals surface area contributed by atoms with Gasteiger partial charge < -0.3 is 14.5 Å². The van der Waals surface area contributed by atoms with Crippen molar-refractivity contribution >= 4 is 13.6 Å². The first-order chi connectivity index (χ1) is 18.6. The molecule has 6 aromatic rings. The van der Waals surface area contributed by atoms with E-state index >= 15 is 0 Å². The molecule has 38 heavy (non-hydrogen) atoms. The van der Waals surface area contributed by atoms with E-state index in [0.717, 1.165) is 56.9 Å². The molecule has 8 nitrogen and oxygen atoms in total. The van der Waals surface area contributed by atoms with E-state index in [1.165, 1.54) is 0 Å². The van der Waals surface area contributed by atoms with Crippen LogP contribution in [0.2, 0.25) is 0 Å². The Morgan fingerprint density at radius 1 is 0.895 bits per heavy atom. The zero-order valence-corrected chi connectivity index (χ0v) is 21.2. The Bertz CT molecular complexity index is 1700. The van der Waals surface area contributed by atoms with E-state index in [0.29, 0.717) is 13.1 Å². The molecule has 0 aliphatic heterocycles. The van der Waals surface area contributed by atoms with Gasteiger partial charge in [-0.05, 0) is 49.4 Å². The molecule has 0 saturated heterocycles. The van der Waals surface area contributed by atoms with Gasteiger partial charge in [-0.3, -0.25) is 4.98 Å². The molecule has 0 unspecified atom stereocenters. The summed E-state index contributed by atoms with van der Waals surface area (Å²) in [5, 5.41) is 4.30. The van der Waals surface area contributed by atoms with Gasteiger partial charge in [-0.2, -0.15) is 5.10 Å². The summed E-state index contributed by atoms with van der Waals surface area (Å²) in [4.78, 5) is 19.8. The number of aryl methyl sites for hydroxylation is 1. The maximum absolute atomic E-state index is 6.17. The Morgan fingerprint density at radius 2 is 1.74 bits per heavy atom. The number of ether oxygens (including phenoxy) is 1. The zero-order valence-electron chi connectivity index (χ0n) is 21.2. The first kappa shape index (κ1) is 23.6. The average molecular weight is 499 g/mol. The number of rotatable bonds is 8. The Hall–Kier alpha value is -4.76. The number of nitrogens with zero attached hydrogens (tertiary/aromatic N) is 6. The molecule has 0 aliphatic rings. The molecule has 0 amide bonds. The molecule has 1 N–H and O–H groups in total. The van der Waals surface area contributed by atoms with Crippen molar-refractivity contribution < 1.29 is 4.74 Å². The van der Waals surface area contributed by atoms with Crippen LogP contribution in [0.4, 0.5) is 0 Å². The van der Waals surface area contributed by atoms with Crippen molar-refractivity contribution in [1.82, 2.24) is 34.4 Å². The second kappa shape index (κ2) is 10.3. The molecule has 0 aliphatic carbocycles. The normalized spacial score (nSPS) is 11.3. The maximum atomic E-state index is 6.17. The van der Waals surface area contributed by atoms with Crippen molar-refractivity contribution in [2.45, 2.75) is 20.0 Å². The lowest BCUT2D eigenvalue weighted by molar-refractivity contribution is 0.413. The highest BCUT2D eigenvalue weighted by Crippen LogP contribution is 2.30. The molecule has 4 heterocycles. The molecule has 9 heteroatoms. The van der Waals surface area contributed by atoms with Crippen molar-refractivity contribution in [3.8, 4) is 34.1 Å². The smallest absolute Gasteiger partial charge is 0.186 e. The fourth-order valence-electron chi connectivity index (χ4n) is 4.48. The third kappa shape index (κ3) is 5.05. The van der Waals surface area contributed by atoms with Crippen LogP contribution < -0.4 is 4.74 Å². The topological polar surface area (TPSA) is 84.2 Å². The predicted octanol–water partition coefficient (Wildman–Crippen LogP) is 4.83. The summed E-state index contributed by atoms with van der Waals surface area (Å²) < 4.78 is 7.93. The number of para-hydroxylation sites is 2. The summed E-state index contributed by atoms with van der Waals surface area (Å²) in [6.45, 7) is 3.30. The van der Waals surface area contributed by atoms with E-state index in [2.05, 4.69) is 33.9 Å². The van der Waals surface area contributed by atoms with Crippen molar-refractivity contribution in [3.05, 3.63) is 115 Å². The number of hydrogen-bond donors (Lipinski definition) is 1. The van der Waals surface area contributed by atoms with E-state index < -0.39 is 0 Å².